The summed E-state index contributed by atoms with van der Waals surface area (Å²) in [5, 5.41) is 15.0. The molecule has 1 aliphatic carbocycles. The summed E-state index contributed by atoms with van der Waals surface area (Å²) in [6.07, 6.45) is 4.83. The van der Waals surface area contributed by atoms with E-state index in [9.17, 15) is 4.79 Å². The fraction of sp³-hybridized carbons (Fsp3) is 0.600. The van der Waals surface area contributed by atoms with Crippen LogP contribution in [-0.4, -0.2) is 55.8 Å². The lowest BCUT2D eigenvalue weighted by Crippen LogP contribution is -2.42. The number of amides is 1. The average molecular weight is 316 g/mol. The Kier molecular flexibility index (Phi) is 3.60. The fourth-order valence-corrected chi connectivity index (χ4v) is 3.04. The van der Waals surface area contributed by atoms with Gasteiger partial charge in [0.25, 0.3) is 5.91 Å². The van der Waals surface area contributed by atoms with Gasteiger partial charge < -0.3 is 9.64 Å². The van der Waals surface area contributed by atoms with E-state index >= 15 is 0 Å². The maximum absolute atomic E-state index is 12.7. The zero-order valence-corrected chi connectivity index (χ0v) is 13.1. The van der Waals surface area contributed by atoms with E-state index in [4.69, 9.17) is 4.74 Å². The molecule has 2 aromatic rings. The van der Waals surface area contributed by atoms with Crippen molar-refractivity contribution in [3.63, 3.8) is 0 Å². The topological polar surface area (TPSA) is 88.9 Å². The van der Waals surface area contributed by atoms with Crippen LogP contribution < -0.4 is 0 Å². The van der Waals surface area contributed by atoms with Crippen molar-refractivity contribution in [2.24, 2.45) is 13.0 Å². The SMILES string of the molecule is Cn1nnc2c1CCN(C(=O)c1ccn[nH]1)C2COCC1CC1. The van der Waals surface area contributed by atoms with Crippen LogP contribution in [0, 0.1) is 5.92 Å². The molecule has 0 radical (unpaired) electrons. The van der Waals surface area contributed by atoms with Gasteiger partial charge in [-0.2, -0.15) is 5.10 Å². The highest BCUT2D eigenvalue weighted by molar-refractivity contribution is 5.92. The van der Waals surface area contributed by atoms with Crippen molar-refractivity contribution in [3.05, 3.63) is 29.3 Å². The molecule has 8 nitrogen and oxygen atoms in total. The lowest BCUT2D eigenvalue weighted by Gasteiger charge is -2.34. The molecule has 1 atom stereocenters. The summed E-state index contributed by atoms with van der Waals surface area (Å²) >= 11 is 0. The van der Waals surface area contributed by atoms with Crippen LogP contribution in [0.1, 0.15) is 40.8 Å². The third kappa shape index (κ3) is 2.74. The molecule has 3 heterocycles. The molecule has 4 rings (SSSR count). The molecule has 1 aliphatic heterocycles. The Morgan fingerprint density at radius 2 is 2.30 bits per heavy atom. The van der Waals surface area contributed by atoms with Crippen LogP contribution in [-0.2, 0) is 18.2 Å². The summed E-state index contributed by atoms with van der Waals surface area (Å²) in [6, 6.07) is 1.50. The number of nitrogens with one attached hydrogen (secondary N) is 1. The largest absolute Gasteiger partial charge is 0.379 e. The fourth-order valence-electron chi connectivity index (χ4n) is 3.04. The monoisotopic (exact) mass is 316 g/mol. The van der Waals surface area contributed by atoms with Gasteiger partial charge >= 0.3 is 0 Å². The van der Waals surface area contributed by atoms with Crippen molar-refractivity contribution in [2.75, 3.05) is 19.8 Å². The molecule has 2 aromatic heterocycles. The van der Waals surface area contributed by atoms with Crippen LogP contribution >= 0.6 is 0 Å². The molecule has 2 aliphatic rings. The number of carbonyl (C=O) groups excluding carboxylic acids is 1. The van der Waals surface area contributed by atoms with Gasteiger partial charge in [0.2, 0.25) is 0 Å². The molecule has 1 saturated carbocycles. The number of aromatic nitrogens is 5. The zero-order chi connectivity index (χ0) is 15.8. The Labute approximate surface area is 133 Å². The zero-order valence-electron chi connectivity index (χ0n) is 13.1. The first-order chi connectivity index (χ1) is 11.2. The van der Waals surface area contributed by atoms with Crippen molar-refractivity contribution in [3.8, 4) is 0 Å². The first-order valence-corrected chi connectivity index (χ1v) is 8.00. The number of H-pyrrole nitrogens is 1. The lowest BCUT2D eigenvalue weighted by molar-refractivity contribution is 0.0351. The Hall–Kier alpha value is -2.22. The van der Waals surface area contributed by atoms with Crippen molar-refractivity contribution in [1.29, 1.82) is 0 Å². The van der Waals surface area contributed by atoms with Gasteiger partial charge in [-0.15, -0.1) is 5.10 Å². The number of rotatable bonds is 5. The Morgan fingerprint density at radius 1 is 1.43 bits per heavy atom. The molecule has 8 heteroatoms. The molecule has 1 unspecified atom stereocenters. The van der Waals surface area contributed by atoms with Crippen LogP contribution in [0.5, 0.6) is 0 Å². The maximum atomic E-state index is 12.7. The van der Waals surface area contributed by atoms with Crippen LogP contribution in [0.3, 0.4) is 0 Å². The highest BCUT2D eigenvalue weighted by Crippen LogP contribution is 2.32. The summed E-state index contributed by atoms with van der Waals surface area (Å²) in [5.41, 5.74) is 2.42. The van der Waals surface area contributed by atoms with Crippen molar-refractivity contribution in [1.82, 2.24) is 30.1 Å². The van der Waals surface area contributed by atoms with Gasteiger partial charge in [0.05, 0.1) is 12.3 Å². The number of ether oxygens (including phenoxy) is 1. The van der Waals surface area contributed by atoms with Gasteiger partial charge in [0, 0.05) is 32.8 Å². The number of nitrogens with zero attached hydrogens (tertiary/aromatic N) is 5. The van der Waals surface area contributed by atoms with Gasteiger partial charge in [-0.3, -0.25) is 14.6 Å². The standard InChI is InChI=1S/C15H20N6O2/c1-20-12-5-7-21(15(22)11-4-6-16-17-11)13(14(12)18-19-20)9-23-8-10-2-3-10/h4,6,10,13H,2-3,5,7-9H2,1H3,(H,16,17). The van der Waals surface area contributed by atoms with Gasteiger partial charge in [-0.25, -0.2) is 0 Å². The highest BCUT2D eigenvalue weighted by Gasteiger charge is 2.36. The molecule has 0 aromatic carbocycles. The first kappa shape index (κ1) is 14.4. The van der Waals surface area contributed by atoms with E-state index in [0.29, 0.717) is 24.8 Å². The third-order valence-corrected chi connectivity index (χ3v) is 4.57. The van der Waals surface area contributed by atoms with Gasteiger partial charge in [-0.05, 0) is 24.8 Å². The minimum atomic E-state index is -0.193. The predicted molar refractivity (Wildman–Crippen MR) is 80.6 cm³/mol. The summed E-state index contributed by atoms with van der Waals surface area (Å²) in [4.78, 5) is 14.6. The van der Waals surface area contributed by atoms with E-state index in [0.717, 1.165) is 24.4 Å². The second kappa shape index (κ2) is 5.77. The molecule has 0 saturated heterocycles. The van der Waals surface area contributed by atoms with Crippen molar-refractivity contribution >= 4 is 5.91 Å². The van der Waals surface area contributed by atoms with Gasteiger partial charge in [-0.1, -0.05) is 5.21 Å². The van der Waals surface area contributed by atoms with Gasteiger partial charge in [0.15, 0.2) is 0 Å². The second-order valence-corrected chi connectivity index (χ2v) is 6.26. The Bertz CT molecular complexity index is 691. The molecule has 1 N–H and O–H groups in total. The highest BCUT2D eigenvalue weighted by atomic mass is 16.5. The Morgan fingerprint density at radius 3 is 3.04 bits per heavy atom. The van der Waals surface area contributed by atoms with Crippen LogP contribution in [0.4, 0.5) is 0 Å². The minimum Gasteiger partial charge on any atom is -0.379 e. The molecule has 0 bridgehead atoms. The van der Waals surface area contributed by atoms with Crippen LogP contribution in [0.25, 0.3) is 0 Å². The number of fused-ring (bicyclic) bond motifs is 1. The molecule has 23 heavy (non-hydrogen) atoms. The van der Waals surface area contributed by atoms with E-state index in [1.807, 2.05) is 11.9 Å². The smallest absolute Gasteiger partial charge is 0.272 e. The maximum Gasteiger partial charge on any atom is 0.272 e. The summed E-state index contributed by atoms with van der Waals surface area (Å²) in [7, 11) is 1.89. The number of aryl methyl sites for hydroxylation is 1. The number of hydrogen-bond acceptors (Lipinski definition) is 5. The molecular weight excluding hydrogens is 296 g/mol. The lowest BCUT2D eigenvalue weighted by atomic mass is 10.0. The summed E-state index contributed by atoms with van der Waals surface area (Å²) in [5.74, 6) is 0.621. The Balaban J connectivity index is 1.57. The van der Waals surface area contributed by atoms with Crippen molar-refractivity contribution < 1.29 is 9.53 Å². The van der Waals surface area contributed by atoms with E-state index in [1.165, 1.54) is 12.8 Å². The molecule has 1 amide bonds. The summed E-state index contributed by atoms with van der Waals surface area (Å²) in [6.45, 7) is 1.85. The first-order valence-electron chi connectivity index (χ1n) is 8.00. The predicted octanol–water partition coefficient (Wildman–Crippen LogP) is 0.704. The van der Waals surface area contributed by atoms with Gasteiger partial charge in [0.1, 0.15) is 17.4 Å². The van der Waals surface area contributed by atoms with E-state index in [-0.39, 0.29) is 11.9 Å². The quantitative estimate of drug-likeness (QED) is 0.877. The minimum absolute atomic E-state index is 0.0705. The van der Waals surface area contributed by atoms with Crippen LogP contribution in [0.2, 0.25) is 0 Å². The molecule has 122 valence electrons. The number of carbonyl (C=O) groups is 1. The summed E-state index contributed by atoms with van der Waals surface area (Å²) < 4.78 is 7.66. The molecular formula is C15H20N6O2. The average Bonchev–Trinajstić information content (AvgIpc) is 3.07. The third-order valence-electron chi connectivity index (χ3n) is 4.57. The molecule has 1 fully saturated rings. The van der Waals surface area contributed by atoms with Crippen LogP contribution in [0.15, 0.2) is 12.3 Å². The number of aromatic amines is 1. The van der Waals surface area contributed by atoms with E-state index in [1.54, 1.807) is 16.9 Å². The second-order valence-electron chi connectivity index (χ2n) is 6.26. The number of hydrogen-bond donors (Lipinski definition) is 1. The van der Waals surface area contributed by atoms with E-state index in [2.05, 4.69) is 20.5 Å². The van der Waals surface area contributed by atoms with Crippen molar-refractivity contribution in [2.45, 2.75) is 25.3 Å². The molecule has 0 spiro atoms. The normalized spacial score (nSPS) is 20.6. The van der Waals surface area contributed by atoms with E-state index < -0.39 is 0 Å².